The smallest absolute Gasteiger partial charge is 0.253 e. The van der Waals surface area contributed by atoms with Gasteiger partial charge in [0.2, 0.25) is 0 Å². The lowest BCUT2D eigenvalue weighted by Gasteiger charge is -2.14. The fraction of sp³-hybridized carbons (Fsp3) is 0.188. The van der Waals surface area contributed by atoms with E-state index in [-0.39, 0.29) is 23.1 Å². The van der Waals surface area contributed by atoms with Gasteiger partial charge in [0.15, 0.2) is 0 Å². The molecule has 1 amide bonds. The first kappa shape index (κ1) is 15.0. The van der Waals surface area contributed by atoms with Crippen molar-refractivity contribution in [3.63, 3.8) is 0 Å². The van der Waals surface area contributed by atoms with E-state index in [0.29, 0.717) is 6.54 Å². The number of carbonyl (C=O) groups excluding carboxylic acids is 1. The van der Waals surface area contributed by atoms with Crippen LogP contribution in [0.4, 0.5) is 10.1 Å². The third-order valence-electron chi connectivity index (χ3n) is 3.34. The van der Waals surface area contributed by atoms with Crippen LogP contribution >= 0.6 is 0 Å². The minimum Gasteiger partial charge on any atom is -0.351 e. The van der Waals surface area contributed by atoms with E-state index in [2.05, 4.69) is 10.7 Å². The number of hydrazine groups is 1. The maximum Gasteiger partial charge on any atom is 0.253 e. The number of hydrogen-bond donors (Lipinski definition) is 3. The van der Waals surface area contributed by atoms with Crippen LogP contribution in [0.5, 0.6) is 0 Å². The summed E-state index contributed by atoms with van der Waals surface area (Å²) in [5, 5.41) is 2.80. The van der Waals surface area contributed by atoms with E-state index in [4.69, 9.17) is 5.84 Å². The van der Waals surface area contributed by atoms with Crippen LogP contribution in [0.25, 0.3) is 0 Å². The Labute approximate surface area is 123 Å². The molecule has 4 nitrogen and oxygen atoms in total. The van der Waals surface area contributed by atoms with Crippen molar-refractivity contribution < 1.29 is 9.18 Å². The van der Waals surface area contributed by atoms with Gasteiger partial charge in [0.25, 0.3) is 5.91 Å². The molecule has 0 radical (unpaired) electrons. The Morgan fingerprint density at radius 2 is 1.90 bits per heavy atom. The van der Waals surface area contributed by atoms with Crippen molar-refractivity contribution in [3.05, 3.63) is 65.5 Å². The molecule has 0 heterocycles. The number of para-hydroxylation sites is 1. The third kappa shape index (κ3) is 3.58. The quantitative estimate of drug-likeness (QED) is 0.585. The third-order valence-corrected chi connectivity index (χ3v) is 3.34. The summed E-state index contributed by atoms with van der Waals surface area (Å²) in [5.74, 6) is 4.52. The molecule has 0 saturated carbocycles. The van der Waals surface area contributed by atoms with Crippen LogP contribution < -0.4 is 16.6 Å². The Bertz CT molecular complexity index is 616. The average Bonchev–Trinajstić information content (AvgIpc) is 2.52. The number of nitrogen functional groups attached to an aromatic ring is 1. The highest BCUT2D eigenvalue weighted by Gasteiger charge is 2.15. The summed E-state index contributed by atoms with van der Waals surface area (Å²) in [6.07, 6.45) is 0. The van der Waals surface area contributed by atoms with E-state index < -0.39 is 5.82 Å². The Hall–Kier alpha value is -2.40. The minimum absolute atomic E-state index is 0.00219. The van der Waals surface area contributed by atoms with E-state index in [1.54, 1.807) is 0 Å². The Morgan fingerprint density at radius 1 is 1.19 bits per heavy atom. The summed E-state index contributed by atoms with van der Waals surface area (Å²) in [6, 6.07) is 14.1. The van der Waals surface area contributed by atoms with Gasteiger partial charge in [0.05, 0.1) is 11.3 Å². The van der Waals surface area contributed by atoms with Crippen LogP contribution in [-0.4, -0.2) is 12.5 Å². The molecule has 0 saturated heterocycles. The van der Waals surface area contributed by atoms with Crippen molar-refractivity contribution in [3.8, 4) is 0 Å². The van der Waals surface area contributed by atoms with Gasteiger partial charge in [-0.15, -0.1) is 0 Å². The zero-order chi connectivity index (χ0) is 15.2. The topological polar surface area (TPSA) is 67.2 Å². The second kappa shape index (κ2) is 6.85. The molecule has 4 N–H and O–H groups in total. The molecule has 2 aromatic carbocycles. The summed E-state index contributed by atoms with van der Waals surface area (Å²) < 4.78 is 13.6. The molecule has 21 heavy (non-hydrogen) atoms. The van der Waals surface area contributed by atoms with E-state index in [0.717, 1.165) is 5.56 Å². The highest BCUT2D eigenvalue weighted by atomic mass is 19.1. The van der Waals surface area contributed by atoms with E-state index in [1.165, 1.54) is 18.2 Å². The normalized spacial score (nSPS) is 11.8. The summed E-state index contributed by atoms with van der Waals surface area (Å²) in [4.78, 5) is 12.1. The Morgan fingerprint density at radius 3 is 2.57 bits per heavy atom. The van der Waals surface area contributed by atoms with Gasteiger partial charge in [-0.05, 0) is 23.6 Å². The van der Waals surface area contributed by atoms with Gasteiger partial charge in [-0.25, -0.2) is 4.39 Å². The molecule has 0 spiro atoms. The average molecular weight is 287 g/mol. The van der Waals surface area contributed by atoms with Crippen LogP contribution in [0.2, 0.25) is 0 Å². The monoisotopic (exact) mass is 287 g/mol. The van der Waals surface area contributed by atoms with Gasteiger partial charge in [-0.2, -0.15) is 0 Å². The van der Waals surface area contributed by atoms with Crippen molar-refractivity contribution >= 4 is 11.6 Å². The molecule has 0 aliphatic rings. The minimum atomic E-state index is -0.554. The van der Waals surface area contributed by atoms with Crippen LogP contribution in [0.3, 0.4) is 0 Å². The van der Waals surface area contributed by atoms with E-state index in [9.17, 15) is 9.18 Å². The SMILES string of the molecule is CC(CNC(=O)c1cccc(F)c1NN)c1ccccc1. The predicted molar refractivity (Wildman–Crippen MR) is 81.4 cm³/mol. The maximum atomic E-state index is 13.6. The summed E-state index contributed by atoms with van der Waals surface area (Å²) in [6.45, 7) is 2.48. The van der Waals surface area contributed by atoms with E-state index in [1.807, 2.05) is 37.3 Å². The van der Waals surface area contributed by atoms with Gasteiger partial charge in [0.1, 0.15) is 5.82 Å². The second-order valence-electron chi connectivity index (χ2n) is 4.83. The first-order chi connectivity index (χ1) is 10.1. The highest BCUT2D eigenvalue weighted by Crippen LogP contribution is 2.19. The van der Waals surface area contributed by atoms with Crippen molar-refractivity contribution in [2.75, 3.05) is 12.0 Å². The zero-order valence-corrected chi connectivity index (χ0v) is 11.8. The molecule has 5 heteroatoms. The number of rotatable bonds is 5. The van der Waals surface area contributed by atoms with E-state index >= 15 is 0 Å². The second-order valence-corrected chi connectivity index (χ2v) is 4.83. The first-order valence-electron chi connectivity index (χ1n) is 6.71. The number of amides is 1. The van der Waals surface area contributed by atoms with Crippen molar-refractivity contribution in [2.24, 2.45) is 5.84 Å². The molecular formula is C16H18FN3O. The van der Waals surface area contributed by atoms with Gasteiger partial charge < -0.3 is 10.7 Å². The number of benzene rings is 2. The maximum absolute atomic E-state index is 13.6. The Balaban J connectivity index is 2.04. The van der Waals surface area contributed by atoms with Crippen molar-refractivity contribution in [1.29, 1.82) is 0 Å². The fourth-order valence-electron chi connectivity index (χ4n) is 2.10. The molecule has 2 rings (SSSR count). The number of carbonyl (C=O) groups is 1. The summed E-state index contributed by atoms with van der Waals surface area (Å²) in [5.41, 5.74) is 3.56. The number of halogens is 1. The van der Waals surface area contributed by atoms with Crippen LogP contribution in [0.1, 0.15) is 28.8 Å². The number of hydrogen-bond acceptors (Lipinski definition) is 3. The molecule has 1 atom stereocenters. The van der Waals surface area contributed by atoms with Crippen molar-refractivity contribution in [1.82, 2.24) is 5.32 Å². The fourth-order valence-corrected chi connectivity index (χ4v) is 2.10. The Kier molecular flexibility index (Phi) is 4.90. The molecule has 0 fully saturated rings. The molecule has 1 unspecified atom stereocenters. The standard InChI is InChI=1S/C16H18FN3O/c1-11(12-6-3-2-4-7-12)10-19-16(21)13-8-5-9-14(17)15(13)20-18/h2-9,11,20H,10,18H2,1H3,(H,19,21). The zero-order valence-electron chi connectivity index (χ0n) is 11.8. The summed E-state index contributed by atoms with van der Waals surface area (Å²) in [7, 11) is 0. The van der Waals surface area contributed by atoms with Crippen LogP contribution in [0, 0.1) is 5.82 Å². The number of nitrogens with two attached hydrogens (primary N) is 1. The van der Waals surface area contributed by atoms with Crippen LogP contribution in [-0.2, 0) is 0 Å². The molecule has 0 bridgehead atoms. The summed E-state index contributed by atoms with van der Waals surface area (Å²) >= 11 is 0. The molecule has 110 valence electrons. The highest BCUT2D eigenvalue weighted by molar-refractivity contribution is 5.99. The van der Waals surface area contributed by atoms with Gasteiger partial charge in [0, 0.05) is 6.54 Å². The van der Waals surface area contributed by atoms with Gasteiger partial charge in [-0.3, -0.25) is 10.6 Å². The molecule has 0 aliphatic carbocycles. The molecule has 2 aromatic rings. The largest absolute Gasteiger partial charge is 0.351 e. The molecule has 0 aliphatic heterocycles. The number of nitrogens with one attached hydrogen (secondary N) is 2. The van der Waals surface area contributed by atoms with Crippen molar-refractivity contribution in [2.45, 2.75) is 12.8 Å². The number of anilines is 1. The lowest BCUT2D eigenvalue weighted by molar-refractivity contribution is 0.0952. The first-order valence-corrected chi connectivity index (χ1v) is 6.71. The lowest BCUT2D eigenvalue weighted by Crippen LogP contribution is -2.29. The lowest BCUT2D eigenvalue weighted by atomic mass is 10.0. The molecule has 0 aromatic heterocycles. The van der Waals surface area contributed by atoms with Gasteiger partial charge >= 0.3 is 0 Å². The van der Waals surface area contributed by atoms with Crippen LogP contribution in [0.15, 0.2) is 48.5 Å². The predicted octanol–water partition coefficient (Wildman–Crippen LogP) is 2.64. The van der Waals surface area contributed by atoms with Gasteiger partial charge in [-0.1, -0.05) is 43.3 Å². The molecular weight excluding hydrogens is 269 g/mol.